The first kappa shape index (κ1) is 23.3. The van der Waals surface area contributed by atoms with E-state index in [-0.39, 0.29) is 29.4 Å². The van der Waals surface area contributed by atoms with E-state index in [4.69, 9.17) is 13.9 Å². The molecule has 0 fully saturated rings. The fourth-order valence-corrected chi connectivity index (χ4v) is 2.92. The summed E-state index contributed by atoms with van der Waals surface area (Å²) in [4.78, 5) is 12.5. The third-order valence-corrected chi connectivity index (χ3v) is 4.51. The fraction of sp³-hybridized carbons (Fsp3) is 0.400. The number of hydrogen-bond donors (Lipinski definition) is 1. The molecule has 5 heteroatoms. The highest BCUT2D eigenvalue weighted by Gasteiger charge is 2.20. The monoisotopic (exact) mass is 412 g/mol. The van der Waals surface area contributed by atoms with Crippen LogP contribution in [0, 0.1) is 0 Å². The lowest BCUT2D eigenvalue weighted by Crippen LogP contribution is -2.11. The van der Waals surface area contributed by atoms with Gasteiger partial charge in [0.2, 0.25) is 5.75 Å². The molecule has 0 aliphatic carbocycles. The van der Waals surface area contributed by atoms with Crippen molar-refractivity contribution in [2.45, 2.75) is 53.4 Å². The molecule has 2 rings (SSSR count). The number of ether oxygens (including phenoxy) is 2. The molecule has 162 valence electrons. The van der Waals surface area contributed by atoms with Crippen LogP contribution in [0.2, 0.25) is 0 Å². The molecule has 0 atom stereocenters. The van der Waals surface area contributed by atoms with Crippen LogP contribution in [-0.4, -0.2) is 18.3 Å². The van der Waals surface area contributed by atoms with Crippen LogP contribution < -0.4 is 15.1 Å². The van der Waals surface area contributed by atoms with Gasteiger partial charge in [0.1, 0.15) is 23.3 Å². The average molecular weight is 413 g/mol. The van der Waals surface area contributed by atoms with Crippen molar-refractivity contribution in [3.8, 4) is 17.2 Å². The van der Waals surface area contributed by atoms with Gasteiger partial charge in [0.15, 0.2) is 5.75 Å². The summed E-state index contributed by atoms with van der Waals surface area (Å²) in [5, 5.41) is 10.7. The highest BCUT2D eigenvalue weighted by Crippen LogP contribution is 2.38. The predicted octanol–water partition coefficient (Wildman–Crippen LogP) is 6.31. The molecule has 1 aromatic carbocycles. The van der Waals surface area contributed by atoms with Gasteiger partial charge in [-0.25, -0.2) is 4.79 Å². The topological polar surface area (TPSA) is 68.9 Å². The van der Waals surface area contributed by atoms with Crippen molar-refractivity contribution in [2.24, 2.45) is 0 Å². The summed E-state index contributed by atoms with van der Waals surface area (Å²) in [5.41, 5.74) is 2.11. The number of aromatic hydroxyl groups is 1. The molecular formula is C25H32O5. The molecule has 0 aliphatic heterocycles. The maximum Gasteiger partial charge on any atom is 0.383 e. The lowest BCUT2D eigenvalue weighted by molar-refractivity contribution is 0.279. The third-order valence-electron chi connectivity index (χ3n) is 4.51. The van der Waals surface area contributed by atoms with Crippen molar-refractivity contribution in [2.75, 3.05) is 13.2 Å². The van der Waals surface area contributed by atoms with E-state index in [0.29, 0.717) is 18.4 Å². The SMILES string of the molecule is CC/C=C/CCOc1c(OC/C=C(\C)CCC=C(C)C)c(=O)oc2cccc(O)c12. The molecule has 0 unspecified atom stereocenters. The predicted molar refractivity (Wildman–Crippen MR) is 122 cm³/mol. The lowest BCUT2D eigenvalue weighted by atomic mass is 10.1. The van der Waals surface area contributed by atoms with Gasteiger partial charge in [-0.1, -0.05) is 42.4 Å². The van der Waals surface area contributed by atoms with E-state index in [1.807, 2.05) is 19.1 Å². The molecule has 0 radical (unpaired) electrons. The Labute approximate surface area is 178 Å². The maximum absolute atomic E-state index is 12.5. The molecule has 0 saturated carbocycles. The number of phenols is 1. The van der Waals surface area contributed by atoms with Gasteiger partial charge in [0.05, 0.1) is 6.61 Å². The molecule has 5 nitrogen and oxygen atoms in total. The number of benzene rings is 1. The first-order chi connectivity index (χ1) is 14.4. The van der Waals surface area contributed by atoms with Gasteiger partial charge in [-0.3, -0.25) is 0 Å². The normalized spacial score (nSPS) is 11.8. The molecule has 1 heterocycles. The lowest BCUT2D eigenvalue weighted by Gasteiger charge is -2.13. The highest BCUT2D eigenvalue weighted by molar-refractivity contribution is 5.91. The Hall–Kier alpha value is -2.95. The maximum atomic E-state index is 12.5. The molecule has 0 bridgehead atoms. The van der Waals surface area contributed by atoms with E-state index in [1.54, 1.807) is 12.1 Å². The Morgan fingerprint density at radius 1 is 1.07 bits per heavy atom. The summed E-state index contributed by atoms with van der Waals surface area (Å²) in [6.07, 6.45) is 11.7. The van der Waals surface area contributed by atoms with Crippen molar-refractivity contribution >= 4 is 11.0 Å². The Bertz CT molecular complexity index is 975. The summed E-state index contributed by atoms with van der Waals surface area (Å²) in [6.45, 7) is 8.83. The van der Waals surface area contributed by atoms with Crippen molar-refractivity contribution in [1.82, 2.24) is 0 Å². The van der Waals surface area contributed by atoms with E-state index in [1.165, 1.54) is 17.2 Å². The smallest absolute Gasteiger partial charge is 0.383 e. The zero-order valence-corrected chi connectivity index (χ0v) is 18.4. The van der Waals surface area contributed by atoms with E-state index >= 15 is 0 Å². The van der Waals surface area contributed by atoms with Crippen LogP contribution in [0.25, 0.3) is 11.0 Å². The third kappa shape index (κ3) is 6.83. The van der Waals surface area contributed by atoms with E-state index in [0.717, 1.165) is 19.3 Å². The molecular weight excluding hydrogens is 380 g/mol. The van der Waals surface area contributed by atoms with Crippen molar-refractivity contribution in [3.63, 3.8) is 0 Å². The van der Waals surface area contributed by atoms with Gasteiger partial charge in [0, 0.05) is 0 Å². The molecule has 0 saturated heterocycles. The molecule has 2 aromatic rings. The molecule has 30 heavy (non-hydrogen) atoms. The van der Waals surface area contributed by atoms with Crippen LogP contribution in [-0.2, 0) is 0 Å². The van der Waals surface area contributed by atoms with Crippen molar-refractivity contribution in [3.05, 3.63) is 64.1 Å². The standard InChI is InChI=1S/C25H32O5/c1-5-6-7-8-16-28-23-22-20(26)13-10-14-21(22)30-25(27)24(23)29-17-15-19(4)12-9-11-18(2)3/h6-7,10-11,13-15,26H,5,8-9,12,16-17H2,1-4H3/b7-6+,19-15+. The number of phenolic OH excluding ortho intramolecular Hbond substituents is 1. The van der Waals surface area contributed by atoms with Crippen LogP contribution in [0.5, 0.6) is 17.2 Å². The first-order valence-electron chi connectivity index (χ1n) is 10.4. The number of hydrogen-bond acceptors (Lipinski definition) is 5. The average Bonchev–Trinajstić information content (AvgIpc) is 2.69. The second-order valence-corrected chi connectivity index (χ2v) is 7.40. The van der Waals surface area contributed by atoms with E-state index < -0.39 is 5.63 Å². The summed E-state index contributed by atoms with van der Waals surface area (Å²) in [6, 6.07) is 4.77. The second kappa shape index (κ2) is 11.9. The molecule has 1 aromatic heterocycles. The summed E-state index contributed by atoms with van der Waals surface area (Å²) < 4.78 is 17.0. The molecule has 0 amide bonds. The van der Waals surface area contributed by atoms with Crippen LogP contribution in [0.4, 0.5) is 0 Å². The minimum Gasteiger partial charge on any atom is -0.507 e. The van der Waals surface area contributed by atoms with E-state index in [9.17, 15) is 9.90 Å². The highest BCUT2D eigenvalue weighted by atomic mass is 16.5. The number of allylic oxidation sites excluding steroid dienone is 4. The summed E-state index contributed by atoms with van der Waals surface area (Å²) >= 11 is 0. The summed E-state index contributed by atoms with van der Waals surface area (Å²) in [5.74, 6) is 0.185. The van der Waals surface area contributed by atoms with Crippen molar-refractivity contribution in [1.29, 1.82) is 0 Å². The Kier molecular flexibility index (Phi) is 9.26. The minimum absolute atomic E-state index is 0.0168. The molecule has 0 aliphatic rings. The van der Waals surface area contributed by atoms with Crippen molar-refractivity contribution < 1.29 is 19.0 Å². The number of rotatable bonds is 11. The van der Waals surface area contributed by atoms with Gasteiger partial charge < -0.3 is 19.0 Å². The van der Waals surface area contributed by atoms with E-state index in [2.05, 4.69) is 32.9 Å². The molecule has 0 spiro atoms. The van der Waals surface area contributed by atoms with Crippen LogP contribution in [0.1, 0.15) is 53.4 Å². The minimum atomic E-state index is -0.622. The van der Waals surface area contributed by atoms with Gasteiger partial charge in [-0.05, 0) is 64.7 Å². The zero-order chi connectivity index (χ0) is 21.9. The van der Waals surface area contributed by atoms with Crippen LogP contribution in [0.3, 0.4) is 0 Å². The Morgan fingerprint density at radius 3 is 2.60 bits per heavy atom. The first-order valence-corrected chi connectivity index (χ1v) is 10.4. The number of fused-ring (bicyclic) bond motifs is 1. The van der Waals surface area contributed by atoms with Crippen LogP contribution in [0.15, 0.2) is 62.9 Å². The van der Waals surface area contributed by atoms with Gasteiger partial charge in [0.25, 0.3) is 0 Å². The quantitative estimate of drug-likeness (QED) is 0.266. The zero-order valence-electron chi connectivity index (χ0n) is 18.4. The van der Waals surface area contributed by atoms with Gasteiger partial charge >= 0.3 is 5.63 Å². The van der Waals surface area contributed by atoms with Crippen LogP contribution >= 0.6 is 0 Å². The Balaban J connectivity index is 2.24. The fourth-order valence-electron chi connectivity index (χ4n) is 2.92. The largest absolute Gasteiger partial charge is 0.507 e. The molecule has 1 N–H and O–H groups in total. The second-order valence-electron chi connectivity index (χ2n) is 7.40. The van der Waals surface area contributed by atoms with Gasteiger partial charge in [-0.15, -0.1) is 0 Å². The Morgan fingerprint density at radius 2 is 1.87 bits per heavy atom. The van der Waals surface area contributed by atoms with Gasteiger partial charge in [-0.2, -0.15) is 0 Å². The summed E-state index contributed by atoms with van der Waals surface area (Å²) in [7, 11) is 0.